The number of nitriles is 1. The van der Waals surface area contributed by atoms with Gasteiger partial charge in [-0.1, -0.05) is 18.0 Å². The van der Waals surface area contributed by atoms with Crippen LogP contribution in [0.3, 0.4) is 0 Å². The van der Waals surface area contributed by atoms with Gasteiger partial charge in [0.1, 0.15) is 6.07 Å². The van der Waals surface area contributed by atoms with E-state index in [0.29, 0.717) is 16.6 Å². The molecule has 1 unspecified atom stereocenters. The maximum atomic E-state index is 9.08. The first-order chi connectivity index (χ1) is 9.20. The fraction of sp³-hybridized carbons (Fsp3) is 0.533. The van der Waals surface area contributed by atoms with Crippen LogP contribution in [-0.2, 0) is 0 Å². The van der Waals surface area contributed by atoms with E-state index in [1.165, 1.54) is 32.4 Å². The zero-order chi connectivity index (χ0) is 13.7. The molecule has 102 valence electrons. The number of piperidine rings is 1. The summed E-state index contributed by atoms with van der Waals surface area (Å²) in [6.45, 7) is 5.44. The van der Waals surface area contributed by atoms with Gasteiger partial charge in [-0.15, -0.1) is 0 Å². The van der Waals surface area contributed by atoms with Crippen molar-refractivity contribution >= 4 is 17.3 Å². The van der Waals surface area contributed by atoms with Gasteiger partial charge in [0.05, 0.1) is 11.3 Å². The van der Waals surface area contributed by atoms with Gasteiger partial charge in [-0.25, -0.2) is 0 Å². The number of nitrogens with zero attached hydrogens (tertiary/aromatic N) is 2. The fourth-order valence-electron chi connectivity index (χ4n) is 2.51. The Morgan fingerprint density at radius 1 is 1.37 bits per heavy atom. The molecule has 19 heavy (non-hydrogen) atoms. The third kappa shape index (κ3) is 3.86. The molecular weight excluding hydrogens is 258 g/mol. The largest absolute Gasteiger partial charge is 0.382 e. The Morgan fingerprint density at radius 2 is 2.11 bits per heavy atom. The summed E-state index contributed by atoms with van der Waals surface area (Å²) in [6.07, 6.45) is 3.94. The van der Waals surface area contributed by atoms with E-state index in [-0.39, 0.29) is 0 Å². The minimum absolute atomic E-state index is 0.478. The highest BCUT2D eigenvalue weighted by Gasteiger charge is 2.16. The molecule has 0 radical (unpaired) electrons. The van der Waals surface area contributed by atoms with Crippen molar-refractivity contribution in [3.05, 3.63) is 28.8 Å². The van der Waals surface area contributed by atoms with E-state index < -0.39 is 0 Å². The second-order valence-corrected chi connectivity index (χ2v) is 5.56. The molecule has 0 amide bonds. The molecule has 1 aliphatic rings. The summed E-state index contributed by atoms with van der Waals surface area (Å²) in [7, 11) is 0. The Morgan fingerprint density at radius 3 is 2.79 bits per heavy atom. The van der Waals surface area contributed by atoms with Crippen molar-refractivity contribution in [2.75, 3.05) is 25.0 Å². The molecule has 4 heteroatoms. The highest BCUT2D eigenvalue weighted by Crippen LogP contribution is 2.21. The van der Waals surface area contributed by atoms with E-state index in [2.05, 4.69) is 23.2 Å². The van der Waals surface area contributed by atoms with Crippen molar-refractivity contribution in [2.45, 2.75) is 32.2 Å². The molecule has 1 aliphatic heterocycles. The molecule has 3 nitrogen and oxygen atoms in total. The maximum absolute atomic E-state index is 9.08. The van der Waals surface area contributed by atoms with E-state index in [9.17, 15) is 0 Å². The van der Waals surface area contributed by atoms with Crippen LogP contribution < -0.4 is 5.32 Å². The van der Waals surface area contributed by atoms with Crippen LogP contribution in [0.15, 0.2) is 18.2 Å². The van der Waals surface area contributed by atoms with Crippen molar-refractivity contribution < 1.29 is 0 Å². The molecule has 1 fully saturated rings. The molecule has 1 heterocycles. The van der Waals surface area contributed by atoms with Gasteiger partial charge in [0.2, 0.25) is 0 Å². The van der Waals surface area contributed by atoms with Gasteiger partial charge in [0.15, 0.2) is 0 Å². The summed E-state index contributed by atoms with van der Waals surface area (Å²) in [5.74, 6) is 0. The molecule has 1 atom stereocenters. The maximum Gasteiger partial charge on any atom is 0.101 e. The van der Waals surface area contributed by atoms with Gasteiger partial charge in [0, 0.05) is 17.6 Å². The highest BCUT2D eigenvalue weighted by atomic mass is 35.5. The topological polar surface area (TPSA) is 39.1 Å². The summed E-state index contributed by atoms with van der Waals surface area (Å²) in [6, 6.07) is 8.00. The molecule has 0 spiro atoms. The standard InChI is InChI=1S/C15H20ClN3/c1-12(19-7-3-2-4-8-19)11-18-15-9-14(16)6-5-13(15)10-17/h5-6,9,12,18H,2-4,7-8,11H2,1H3. The lowest BCUT2D eigenvalue weighted by molar-refractivity contribution is 0.180. The van der Waals surface area contributed by atoms with Gasteiger partial charge in [0.25, 0.3) is 0 Å². The number of hydrogen-bond donors (Lipinski definition) is 1. The summed E-state index contributed by atoms with van der Waals surface area (Å²) in [4.78, 5) is 2.51. The van der Waals surface area contributed by atoms with E-state index in [1.54, 1.807) is 12.1 Å². The molecular formula is C15H20ClN3. The second kappa shape index (κ2) is 6.79. The Hall–Kier alpha value is -1.24. The number of halogens is 1. The SMILES string of the molecule is CC(CNc1cc(Cl)ccc1C#N)N1CCCCC1. The van der Waals surface area contributed by atoms with Crippen molar-refractivity contribution in [1.82, 2.24) is 4.90 Å². The predicted molar refractivity (Wildman–Crippen MR) is 79.5 cm³/mol. The number of benzene rings is 1. The van der Waals surface area contributed by atoms with Gasteiger partial charge in [-0.05, 0) is 51.1 Å². The lowest BCUT2D eigenvalue weighted by Gasteiger charge is -2.32. The van der Waals surface area contributed by atoms with E-state index >= 15 is 0 Å². The van der Waals surface area contributed by atoms with E-state index in [4.69, 9.17) is 16.9 Å². The van der Waals surface area contributed by atoms with E-state index in [0.717, 1.165) is 12.2 Å². The number of nitrogens with one attached hydrogen (secondary N) is 1. The molecule has 0 aromatic heterocycles. The third-order valence-corrected chi connectivity index (χ3v) is 3.94. The zero-order valence-electron chi connectivity index (χ0n) is 11.3. The number of rotatable bonds is 4. The van der Waals surface area contributed by atoms with Gasteiger partial charge in [-0.2, -0.15) is 5.26 Å². The predicted octanol–water partition coefficient (Wildman–Crippen LogP) is 3.50. The molecule has 2 rings (SSSR count). The van der Waals surface area contributed by atoms with Crippen molar-refractivity contribution in [3.63, 3.8) is 0 Å². The van der Waals surface area contributed by atoms with Crippen LogP contribution in [0.1, 0.15) is 31.7 Å². The van der Waals surface area contributed by atoms with Crippen molar-refractivity contribution in [2.24, 2.45) is 0 Å². The summed E-state index contributed by atoms with van der Waals surface area (Å²) < 4.78 is 0. The Bertz CT molecular complexity index is 461. The van der Waals surface area contributed by atoms with Gasteiger partial charge < -0.3 is 5.32 Å². The summed E-state index contributed by atoms with van der Waals surface area (Å²) in [5.41, 5.74) is 1.48. The fourth-order valence-corrected chi connectivity index (χ4v) is 2.68. The lowest BCUT2D eigenvalue weighted by Crippen LogP contribution is -2.41. The Balaban J connectivity index is 1.94. The zero-order valence-corrected chi connectivity index (χ0v) is 12.1. The van der Waals surface area contributed by atoms with Crippen molar-refractivity contribution in [3.8, 4) is 6.07 Å². The number of likely N-dealkylation sites (tertiary alicyclic amines) is 1. The average molecular weight is 278 g/mol. The van der Waals surface area contributed by atoms with E-state index in [1.807, 2.05) is 6.07 Å². The van der Waals surface area contributed by atoms with Gasteiger partial charge in [-0.3, -0.25) is 4.90 Å². The number of hydrogen-bond acceptors (Lipinski definition) is 3. The molecule has 0 bridgehead atoms. The average Bonchev–Trinajstić information content (AvgIpc) is 2.46. The lowest BCUT2D eigenvalue weighted by atomic mass is 10.1. The summed E-state index contributed by atoms with van der Waals surface area (Å²) in [5, 5.41) is 13.1. The number of anilines is 1. The molecule has 0 aliphatic carbocycles. The minimum atomic E-state index is 0.478. The first-order valence-corrected chi connectivity index (χ1v) is 7.26. The van der Waals surface area contributed by atoms with Crippen LogP contribution in [0.4, 0.5) is 5.69 Å². The molecule has 1 N–H and O–H groups in total. The van der Waals surface area contributed by atoms with Crippen LogP contribution >= 0.6 is 11.6 Å². The Kier molecular flexibility index (Phi) is 5.07. The smallest absolute Gasteiger partial charge is 0.101 e. The quantitative estimate of drug-likeness (QED) is 0.916. The molecule has 0 saturated carbocycles. The molecule has 1 aromatic carbocycles. The van der Waals surface area contributed by atoms with Crippen LogP contribution in [0.5, 0.6) is 0 Å². The minimum Gasteiger partial charge on any atom is -0.382 e. The monoisotopic (exact) mass is 277 g/mol. The second-order valence-electron chi connectivity index (χ2n) is 5.13. The van der Waals surface area contributed by atoms with Crippen LogP contribution in [0.2, 0.25) is 5.02 Å². The van der Waals surface area contributed by atoms with Crippen molar-refractivity contribution in [1.29, 1.82) is 5.26 Å². The highest BCUT2D eigenvalue weighted by molar-refractivity contribution is 6.30. The summed E-state index contributed by atoms with van der Waals surface area (Å²) >= 11 is 5.98. The first kappa shape index (κ1) is 14.2. The third-order valence-electron chi connectivity index (χ3n) is 3.70. The Labute approximate surface area is 120 Å². The van der Waals surface area contributed by atoms with Crippen LogP contribution in [-0.4, -0.2) is 30.6 Å². The molecule has 1 saturated heterocycles. The van der Waals surface area contributed by atoms with Gasteiger partial charge >= 0.3 is 0 Å². The normalized spacial score (nSPS) is 17.7. The first-order valence-electron chi connectivity index (χ1n) is 6.88. The van der Waals surface area contributed by atoms with Crippen LogP contribution in [0, 0.1) is 11.3 Å². The molecule has 1 aromatic rings. The van der Waals surface area contributed by atoms with Crippen LogP contribution in [0.25, 0.3) is 0 Å².